The van der Waals surface area contributed by atoms with E-state index in [2.05, 4.69) is 10.0 Å². The number of sulfonamides is 1. The lowest BCUT2D eigenvalue weighted by Gasteiger charge is -2.14. The van der Waals surface area contributed by atoms with Crippen LogP contribution < -0.4 is 10.0 Å². The van der Waals surface area contributed by atoms with E-state index in [0.29, 0.717) is 16.3 Å². The number of anilines is 2. The molecule has 10 heteroatoms. The van der Waals surface area contributed by atoms with Crippen LogP contribution in [0.5, 0.6) is 0 Å². The average Bonchev–Trinajstić information content (AvgIpc) is 2.75. The number of rotatable bonds is 8. The molecular formula is C22H18Cl2N2O5S. The van der Waals surface area contributed by atoms with Gasteiger partial charge < -0.3 is 10.4 Å². The molecule has 7 nitrogen and oxygen atoms in total. The van der Waals surface area contributed by atoms with Crippen LogP contribution >= 0.6 is 23.2 Å². The van der Waals surface area contributed by atoms with Crippen molar-refractivity contribution in [2.75, 3.05) is 10.0 Å². The maximum atomic E-state index is 12.9. The second-order valence-corrected chi connectivity index (χ2v) is 9.35. The largest absolute Gasteiger partial charge is 0.481 e. The van der Waals surface area contributed by atoms with E-state index >= 15 is 0 Å². The van der Waals surface area contributed by atoms with Crippen molar-refractivity contribution < 1.29 is 23.1 Å². The molecule has 3 aromatic carbocycles. The van der Waals surface area contributed by atoms with Crippen LogP contribution in [0.2, 0.25) is 10.0 Å². The van der Waals surface area contributed by atoms with Gasteiger partial charge in [0.15, 0.2) is 0 Å². The highest BCUT2D eigenvalue weighted by molar-refractivity contribution is 7.92. The minimum Gasteiger partial charge on any atom is -0.481 e. The van der Waals surface area contributed by atoms with Crippen molar-refractivity contribution in [3.05, 3.63) is 87.9 Å². The van der Waals surface area contributed by atoms with Crippen molar-refractivity contribution in [2.24, 2.45) is 0 Å². The van der Waals surface area contributed by atoms with Crippen LogP contribution in [0.1, 0.15) is 22.3 Å². The minimum atomic E-state index is -4.06. The monoisotopic (exact) mass is 492 g/mol. The zero-order valence-electron chi connectivity index (χ0n) is 16.5. The molecule has 0 aliphatic rings. The maximum Gasteiger partial charge on any atom is 0.303 e. The van der Waals surface area contributed by atoms with Crippen LogP contribution in [0.4, 0.5) is 11.4 Å². The molecule has 0 atom stereocenters. The smallest absolute Gasteiger partial charge is 0.303 e. The summed E-state index contributed by atoms with van der Waals surface area (Å²) in [5.74, 6) is -1.54. The van der Waals surface area contributed by atoms with Gasteiger partial charge in [0.05, 0.1) is 16.1 Å². The minimum absolute atomic E-state index is 0.0260. The number of nitrogens with one attached hydrogen (secondary N) is 2. The predicted octanol–water partition coefficient (Wildman–Crippen LogP) is 5.06. The van der Waals surface area contributed by atoms with Gasteiger partial charge >= 0.3 is 5.97 Å². The number of hydrogen-bond acceptors (Lipinski definition) is 4. The van der Waals surface area contributed by atoms with Crippen molar-refractivity contribution >= 4 is 56.5 Å². The summed E-state index contributed by atoms with van der Waals surface area (Å²) < 4.78 is 28.3. The highest BCUT2D eigenvalue weighted by Gasteiger charge is 2.20. The SMILES string of the molecule is O=C(O)CCc1cccc(S(=O)(=O)Nc2ccc(Cl)cc2C(=O)Nc2ccc(Cl)cc2)c1. The molecule has 0 radical (unpaired) electrons. The molecule has 0 unspecified atom stereocenters. The Morgan fingerprint density at radius 1 is 0.906 bits per heavy atom. The second-order valence-electron chi connectivity index (χ2n) is 6.80. The Morgan fingerprint density at radius 3 is 2.28 bits per heavy atom. The Balaban J connectivity index is 1.87. The predicted molar refractivity (Wildman–Crippen MR) is 124 cm³/mol. The van der Waals surface area contributed by atoms with E-state index in [4.69, 9.17) is 28.3 Å². The number of hydrogen-bond donors (Lipinski definition) is 3. The van der Waals surface area contributed by atoms with Crippen LogP contribution in [0.3, 0.4) is 0 Å². The molecule has 0 bridgehead atoms. The number of benzene rings is 3. The summed E-state index contributed by atoms with van der Waals surface area (Å²) in [4.78, 5) is 23.5. The fraction of sp³-hybridized carbons (Fsp3) is 0.0909. The van der Waals surface area contributed by atoms with Gasteiger partial charge in [-0.15, -0.1) is 0 Å². The maximum absolute atomic E-state index is 12.9. The molecule has 3 rings (SSSR count). The van der Waals surface area contributed by atoms with E-state index in [-0.39, 0.29) is 34.0 Å². The van der Waals surface area contributed by atoms with Crippen LogP contribution in [0, 0.1) is 0 Å². The van der Waals surface area contributed by atoms with Gasteiger partial charge in [0, 0.05) is 22.2 Å². The van der Waals surface area contributed by atoms with Gasteiger partial charge in [-0.05, 0) is 66.6 Å². The van der Waals surface area contributed by atoms with E-state index in [1.165, 1.54) is 36.4 Å². The lowest BCUT2D eigenvalue weighted by molar-refractivity contribution is -0.136. The number of carbonyl (C=O) groups is 2. The first-order valence-electron chi connectivity index (χ1n) is 9.34. The summed E-state index contributed by atoms with van der Waals surface area (Å²) in [7, 11) is -4.06. The number of carbonyl (C=O) groups excluding carboxylic acids is 1. The summed E-state index contributed by atoms with van der Waals surface area (Å²) in [6.45, 7) is 0. The van der Waals surface area contributed by atoms with Crippen molar-refractivity contribution in [3.63, 3.8) is 0 Å². The average molecular weight is 493 g/mol. The molecule has 0 heterocycles. The first-order valence-corrected chi connectivity index (χ1v) is 11.6. The first kappa shape index (κ1) is 23.6. The normalized spacial score (nSPS) is 11.1. The summed E-state index contributed by atoms with van der Waals surface area (Å²) in [6.07, 6.45) is 0.0670. The Labute approximate surface area is 195 Å². The molecular weight excluding hydrogens is 475 g/mol. The van der Waals surface area contributed by atoms with Gasteiger partial charge in [0.2, 0.25) is 0 Å². The van der Waals surface area contributed by atoms with Gasteiger partial charge in [-0.2, -0.15) is 0 Å². The van der Waals surface area contributed by atoms with Crippen molar-refractivity contribution in [1.29, 1.82) is 0 Å². The fourth-order valence-electron chi connectivity index (χ4n) is 2.85. The van der Waals surface area contributed by atoms with Crippen LogP contribution in [-0.2, 0) is 21.2 Å². The molecule has 3 N–H and O–H groups in total. The summed E-state index contributed by atoms with van der Waals surface area (Å²) in [5, 5.41) is 12.3. The molecule has 3 aromatic rings. The van der Waals surface area contributed by atoms with Gasteiger partial charge in [-0.1, -0.05) is 35.3 Å². The Morgan fingerprint density at radius 2 is 1.59 bits per heavy atom. The van der Waals surface area contributed by atoms with Crippen LogP contribution in [-0.4, -0.2) is 25.4 Å². The summed E-state index contributed by atoms with van der Waals surface area (Å²) in [5.41, 5.74) is 1.10. The number of halogens is 2. The number of carboxylic acid groups (broad SMARTS) is 1. The van der Waals surface area contributed by atoms with Gasteiger partial charge in [-0.3, -0.25) is 14.3 Å². The lowest BCUT2D eigenvalue weighted by Crippen LogP contribution is -2.19. The second kappa shape index (κ2) is 10.0. The first-order chi connectivity index (χ1) is 15.1. The molecule has 0 saturated heterocycles. The van der Waals surface area contributed by atoms with Gasteiger partial charge in [-0.25, -0.2) is 8.42 Å². The van der Waals surface area contributed by atoms with E-state index in [1.54, 1.807) is 30.3 Å². The highest BCUT2D eigenvalue weighted by Crippen LogP contribution is 2.25. The third-order valence-corrected chi connectivity index (χ3v) is 6.26. The van der Waals surface area contributed by atoms with E-state index in [1.807, 2.05) is 0 Å². The number of aryl methyl sites for hydroxylation is 1. The molecule has 1 amide bonds. The molecule has 166 valence electrons. The lowest BCUT2D eigenvalue weighted by atomic mass is 10.1. The third-order valence-electron chi connectivity index (χ3n) is 4.41. The van der Waals surface area contributed by atoms with Crippen molar-refractivity contribution in [2.45, 2.75) is 17.7 Å². The molecule has 0 saturated carbocycles. The quantitative estimate of drug-likeness (QED) is 0.406. The summed E-state index contributed by atoms with van der Waals surface area (Å²) in [6, 6.07) is 16.6. The molecule has 0 spiro atoms. The van der Waals surface area contributed by atoms with Gasteiger partial charge in [0.25, 0.3) is 15.9 Å². The third kappa shape index (κ3) is 6.23. The van der Waals surface area contributed by atoms with E-state index < -0.39 is 21.9 Å². The Kier molecular flexibility index (Phi) is 7.40. The molecule has 0 aromatic heterocycles. The van der Waals surface area contributed by atoms with Gasteiger partial charge in [0.1, 0.15) is 0 Å². The number of carboxylic acids is 1. The van der Waals surface area contributed by atoms with Crippen molar-refractivity contribution in [3.8, 4) is 0 Å². The highest BCUT2D eigenvalue weighted by atomic mass is 35.5. The van der Waals surface area contributed by atoms with E-state index in [9.17, 15) is 18.0 Å². The zero-order valence-corrected chi connectivity index (χ0v) is 18.8. The Hall–Kier alpha value is -3.07. The fourth-order valence-corrected chi connectivity index (χ4v) is 4.30. The van der Waals surface area contributed by atoms with Crippen molar-refractivity contribution in [1.82, 2.24) is 0 Å². The molecule has 0 aliphatic carbocycles. The number of amides is 1. The molecule has 32 heavy (non-hydrogen) atoms. The van der Waals surface area contributed by atoms with Crippen LogP contribution in [0.15, 0.2) is 71.6 Å². The van der Waals surface area contributed by atoms with Crippen LogP contribution in [0.25, 0.3) is 0 Å². The standard InChI is InChI=1S/C22H18Cl2N2O5S/c23-15-5-8-17(9-6-15)25-22(29)19-13-16(24)7-10-20(19)26-32(30,31)18-3-1-2-14(12-18)4-11-21(27)28/h1-3,5-10,12-13,26H,4,11H2,(H,25,29)(H,27,28). The molecule has 0 fully saturated rings. The molecule has 0 aliphatic heterocycles. The Bertz CT molecular complexity index is 1260. The zero-order chi connectivity index (χ0) is 23.3. The summed E-state index contributed by atoms with van der Waals surface area (Å²) >= 11 is 11.9. The number of aliphatic carboxylic acids is 1. The van der Waals surface area contributed by atoms with E-state index in [0.717, 1.165) is 0 Å². The topological polar surface area (TPSA) is 113 Å².